The maximum atomic E-state index is 5.55. The monoisotopic (exact) mass is 278 g/mol. The van der Waals surface area contributed by atoms with E-state index in [1.807, 2.05) is 0 Å². The molecule has 66 valence electrons. The fourth-order valence-corrected chi connectivity index (χ4v) is 0.682. The molecule has 0 aliphatic heterocycles. The van der Waals surface area contributed by atoms with Crippen molar-refractivity contribution >= 4 is 40.6 Å². The minimum Gasteiger partial charge on any atom is -1.00 e. The summed E-state index contributed by atoms with van der Waals surface area (Å²) in [6.45, 7) is 0. The van der Waals surface area contributed by atoms with Gasteiger partial charge in [0.25, 0.3) is 0 Å². The second-order valence-electron chi connectivity index (χ2n) is 1.44. The number of halogens is 5. The van der Waals surface area contributed by atoms with Gasteiger partial charge in [0, 0.05) is 10.0 Å². The SMILES string of the molecule is Clc1ccc(Cl)cc1.[Al+3].[Cl-].[Cl-].[Cl-]. The number of rotatable bonds is 0. The topological polar surface area (TPSA) is 0 Å². The largest absolute Gasteiger partial charge is 3.00 e. The van der Waals surface area contributed by atoms with E-state index in [1.165, 1.54) is 0 Å². The third kappa shape index (κ3) is 9.29. The van der Waals surface area contributed by atoms with Crippen LogP contribution in [0.25, 0.3) is 0 Å². The van der Waals surface area contributed by atoms with E-state index in [2.05, 4.69) is 0 Å². The van der Waals surface area contributed by atoms with E-state index in [9.17, 15) is 0 Å². The van der Waals surface area contributed by atoms with Crippen LogP contribution in [0.3, 0.4) is 0 Å². The van der Waals surface area contributed by atoms with Crippen LogP contribution in [0.2, 0.25) is 10.0 Å². The maximum absolute atomic E-state index is 5.55. The zero-order chi connectivity index (χ0) is 5.98. The molecule has 0 aliphatic rings. The molecule has 0 N–H and O–H groups in total. The molecule has 6 heteroatoms. The van der Waals surface area contributed by atoms with Crippen molar-refractivity contribution in [3.05, 3.63) is 34.3 Å². The van der Waals surface area contributed by atoms with Crippen molar-refractivity contribution in [3.8, 4) is 0 Å². The van der Waals surface area contributed by atoms with E-state index in [4.69, 9.17) is 23.2 Å². The Labute approximate surface area is 111 Å². The quantitative estimate of drug-likeness (QED) is 0.415. The molecule has 0 spiro atoms. The molecule has 0 saturated heterocycles. The third-order valence-electron chi connectivity index (χ3n) is 0.804. The van der Waals surface area contributed by atoms with E-state index in [1.54, 1.807) is 24.3 Å². The molecule has 0 aliphatic carbocycles. The van der Waals surface area contributed by atoms with E-state index < -0.39 is 0 Å². The smallest absolute Gasteiger partial charge is 1.00 e. The van der Waals surface area contributed by atoms with Gasteiger partial charge in [0.2, 0.25) is 0 Å². The second-order valence-corrected chi connectivity index (χ2v) is 2.31. The van der Waals surface area contributed by atoms with Crippen LogP contribution < -0.4 is 37.2 Å². The van der Waals surface area contributed by atoms with E-state index in [-0.39, 0.29) is 54.6 Å². The van der Waals surface area contributed by atoms with Gasteiger partial charge in [0.05, 0.1) is 0 Å². The molecule has 0 saturated carbocycles. The summed E-state index contributed by atoms with van der Waals surface area (Å²) in [4.78, 5) is 0. The van der Waals surface area contributed by atoms with E-state index in [0.29, 0.717) is 0 Å². The van der Waals surface area contributed by atoms with Gasteiger partial charge in [-0.25, -0.2) is 0 Å². The molecular formula is C6H4AlCl5. The Hall–Kier alpha value is 1.20. The standard InChI is InChI=1S/C6H4Cl2.Al.3ClH/c7-5-1-2-6(8)4-3-5;;;;/h1-4H;;3*1H/q;+3;;;/p-3. The van der Waals surface area contributed by atoms with E-state index in [0.717, 1.165) is 10.0 Å². The minimum absolute atomic E-state index is 0. The molecule has 0 unspecified atom stereocenters. The van der Waals surface area contributed by atoms with Crippen molar-refractivity contribution in [1.82, 2.24) is 0 Å². The first-order chi connectivity index (χ1) is 3.79. The summed E-state index contributed by atoms with van der Waals surface area (Å²) >= 11 is 11.1. The van der Waals surface area contributed by atoms with Crippen molar-refractivity contribution in [1.29, 1.82) is 0 Å². The summed E-state index contributed by atoms with van der Waals surface area (Å²) in [5.74, 6) is 0. The van der Waals surface area contributed by atoms with Crippen molar-refractivity contribution < 1.29 is 37.2 Å². The fraction of sp³-hybridized carbons (Fsp3) is 0. The Morgan fingerprint density at radius 1 is 0.667 bits per heavy atom. The predicted octanol–water partition coefficient (Wildman–Crippen LogP) is -6.38. The molecule has 0 amide bonds. The summed E-state index contributed by atoms with van der Waals surface area (Å²) in [5, 5.41) is 1.43. The molecule has 0 nitrogen and oxygen atoms in total. The summed E-state index contributed by atoms with van der Waals surface area (Å²) in [6, 6.07) is 7.02. The van der Waals surface area contributed by atoms with Crippen LogP contribution in [0.1, 0.15) is 0 Å². The van der Waals surface area contributed by atoms with Gasteiger partial charge in [0.1, 0.15) is 0 Å². The van der Waals surface area contributed by atoms with Crippen LogP contribution in [0, 0.1) is 0 Å². The molecule has 1 aromatic carbocycles. The van der Waals surface area contributed by atoms with Crippen molar-refractivity contribution in [2.75, 3.05) is 0 Å². The second kappa shape index (κ2) is 12.2. The summed E-state index contributed by atoms with van der Waals surface area (Å²) in [6.07, 6.45) is 0. The van der Waals surface area contributed by atoms with Crippen molar-refractivity contribution in [2.24, 2.45) is 0 Å². The van der Waals surface area contributed by atoms with Crippen molar-refractivity contribution in [3.63, 3.8) is 0 Å². The van der Waals surface area contributed by atoms with Crippen LogP contribution in [0.4, 0.5) is 0 Å². The van der Waals surface area contributed by atoms with Gasteiger partial charge in [-0.15, -0.1) is 0 Å². The average Bonchev–Trinajstić information content (AvgIpc) is 1.77. The summed E-state index contributed by atoms with van der Waals surface area (Å²) < 4.78 is 0. The molecule has 0 radical (unpaired) electrons. The van der Waals surface area contributed by atoms with Gasteiger partial charge in [-0.2, -0.15) is 0 Å². The van der Waals surface area contributed by atoms with Crippen LogP contribution >= 0.6 is 23.2 Å². The van der Waals surface area contributed by atoms with Gasteiger partial charge in [-0.05, 0) is 24.3 Å². The first kappa shape index (κ1) is 23.2. The molecule has 0 fully saturated rings. The molecule has 0 aromatic heterocycles. The Bertz CT molecular complexity index is 155. The van der Waals surface area contributed by atoms with Gasteiger partial charge in [-0.3, -0.25) is 0 Å². The molecule has 1 aromatic rings. The Balaban J connectivity index is -0.0000000800. The van der Waals surface area contributed by atoms with Gasteiger partial charge in [-0.1, -0.05) is 23.2 Å². The average molecular weight is 280 g/mol. The van der Waals surface area contributed by atoms with Gasteiger partial charge < -0.3 is 37.2 Å². The molecule has 1 rings (SSSR count). The first-order valence-corrected chi connectivity index (χ1v) is 2.96. The Kier molecular flexibility index (Phi) is 23.6. The maximum Gasteiger partial charge on any atom is 3.00 e. The summed E-state index contributed by atoms with van der Waals surface area (Å²) in [5.41, 5.74) is 0. The Morgan fingerprint density at radius 2 is 0.833 bits per heavy atom. The van der Waals surface area contributed by atoms with Gasteiger partial charge in [0.15, 0.2) is 0 Å². The van der Waals surface area contributed by atoms with Crippen LogP contribution in [0.15, 0.2) is 24.3 Å². The number of hydrogen-bond acceptors (Lipinski definition) is 0. The molecule has 0 atom stereocenters. The number of benzene rings is 1. The van der Waals surface area contributed by atoms with E-state index >= 15 is 0 Å². The van der Waals surface area contributed by atoms with Crippen molar-refractivity contribution in [2.45, 2.75) is 0 Å². The van der Waals surface area contributed by atoms with Crippen LogP contribution in [-0.4, -0.2) is 17.4 Å². The van der Waals surface area contributed by atoms with Crippen LogP contribution in [0.5, 0.6) is 0 Å². The summed E-state index contributed by atoms with van der Waals surface area (Å²) in [7, 11) is 0. The van der Waals surface area contributed by atoms with Crippen LogP contribution in [-0.2, 0) is 0 Å². The minimum atomic E-state index is 0. The zero-order valence-electron chi connectivity index (χ0n) is 5.78. The van der Waals surface area contributed by atoms with Gasteiger partial charge >= 0.3 is 17.4 Å². The fourth-order valence-electron chi connectivity index (χ4n) is 0.430. The number of hydrogen-bond donors (Lipinski definition) is 0. The Morgan fingerprint density at radius 3 is 1.00 bits per heavy atom. The molecular weight excluding hydrogens is 276 g/mol. The zero-order valence-corrected chi connectivity index (χ0v) is 10.7. The molecule has 0 bridgehead atoms. The third-order valence-corrected chi connectivity index (χ3v) is 1.31. The normalized spacial score (nSPS) is 6.17. The first-order valence-electron chi connectivity index (χ1n) is 2.20. The molecule has 12 heavy (non-hydrogen) atoms. The predicted molar refractivity (Wildman–Crippen MR) is 42.2 cm³/mol. The molecule has 0 heterocycles.